The molecule has 3 heterocycles. The number of para-hydroxylation sites is 1. The van der Waals surface area contributed by atoms with E-state index in [0.717, 1.165) is 17.8 Å². The molecule has 0 saturated carbocycles. The molecule has 5 rings (SSSR count). The van der Waals surface area contributed by atoms with E-state index >= 15 is 0 Å². The molecular formula is C23H22ClN5O2. The number of hydrogen-bond acceptors (Lipinski definition) is 4. The number of hydrogen-bond donors (Lipinski definition) is 0. The summed E-state index contributed by atoms with van der Waals surface area (Å²) in [6, 6.07) is 17.2. The predicted molar refractivity (Wildman–Crippen MR) is 122 cm³/mol. The van der Waals surface area contributed by atoms with Crippen LogP contribution >= 0.6 is 11.6 Å². The Balaban J connectivity index is 1.74. The molecule has 2 aromatic heterocycles. The van der Waals surface area contributed by atoms with Gasteiger partial charge < -0.3 is 9.47 Å². The summed E-state index contributed by atoms with van der Waals surface area (Å²) in [4.78, 5) is 33.4. The van der Waals surface area contributed by atoms with Crippen molar-refractivity contribution in [3.63, 3.8) is 0 Å². The molecule has 0 saturated heterocycles. The quantitative estimate of drug-likeness (QED) is 0.495. The second-order valence-electron chi connectivity index (χ2n) is 8.07. The highest BCUT2D eigenvalue weighted by Crippen LogP contribution is 2.32. The Kier molecular flexibility index (Phi) is 4.70. The molecule has 0 N–H and O–H groups in total. The maximum absolute atomic E-state index is 13.5. The number of anilines is 2. The van der Waals surface area contributed by atoms with Gasteiger partial charge in [0.2, 0.25) is 5.95 Å². The van der Waals surface area contributed by atoms with E-state index in [1.54, 1.807) is 13.1 Å². The van der Waals surface area contributed by atoms with E-state index in [9.17, 15) is 9.59 Å². The Bertz CT molecular complexity index is 1400. The first-order valence-corrected chi connectivity index (χ1v) is 10.6. The molecule has 8 heteroatoms. The van der Waals surface area contributed by atoms with Gasteiger partial charge in [0.25, 0.3) is 5.56 Å². The normalized spacial score (nSPS) is 16.0. The highest BCUT2D eigenvalue weighted by atomic mass is 35.5. The van der Waals surface area contributed by atoms with Gasteiger partial charge in [0.05, 0.1) is 6.54 Å². The number of rotatable bonds is 3. The van der Waals surface area contributed by atoms with Gasteiger partial charge in [0, 0.05) is 30.8 Å². The third-order valence-electron chi connectivity index (χ3n) is 5.80. The van der Waals surface area contributed by atoms with Crippen LogP contribution in [0.25, 0.3) is 11.2 Å². The molecule has 0 unspecified atom stereocenters. The lowest BCUT2D eigenvalue weighted by molar-refractivity contribution is 0.458. The fourth-order valence-corrected chi connectivity index (χ4v) is 4.46. The molecule has 4 aromatic rings. The minimum Gasteiger partial charge on any atom is -0.312 e. The first-order valence-electron chi connectivity index (χ1n) is 10.2. The number of nitrogens with zero attached hydrogens (tertiary/aromatic N) is 5. The standard InChI is InChI=1S/C23H22ClN5O2/c1-15-12-27(17-9-4-3-5-10-17)22-25-20-19(28(22)13-15)21(30)29(23(31)26(20)2)14-16-8-6-7-11-18(16)24/h3-11,15H,12-14H2,1-2H3/t15-/m1/s1. The van der Waals surface area contributed by atoms with Gasteiger partial charge in [-0.05, 0) is 29.7 Å². The zero-order valence-corrected chi connectivity index (χ0v) is 18.1. The Morgan fingerprint density at radius 2 is 1.74 bits per heavy atom. The zero-order valence-electron chi connectivity index (χ0n) is 17.3. The van der Waals surface area contributed by atoms with Crippen LogP contribution in [0.1, 0.15) is 12.5 Å². The van der Waals surface area contributed by atoms with Crippen molar-refractivity contribution in [2.24, 2.45) is 13.0 Å². The van der Waals surface area contributed by atoms with Gasteiger partial charge in [-0.25, -0.2) is 4.79 Å². The van der Waals surface area contributed by atoms with Gasteiger partial charge in [-0.15, -0.1) is 0 Å². The van der Waals surface area contributed by atoms with E-state index in [-0.39, 0.29) is 12.1 Å². The fraction of sp³-hybridized carbons (Fsp3) is 0.261. The van der Waals surface area contributed by atoms with Crippen molar-refractivity contribution < 1.29 is 0 Å². The molecule has 31 heavy (non-hydrogen) atoms. The lowest BCUT2D eigenvalue weighted by atomic mass is 10.1. The molecule has 0 fully saturated rings. The molecule has 1 aliphatic heterocycles. The van der Waals surface area contributed by atoms with Gasteiger partial charge in [0.15, 0.2) is 11.2 Å². The van der Waals surface area contributed by atoms with Crippen LogP contribution in [-0.2, 0) is 20.1 Å². The Morgan fingerprint density at radius 1 is 1.03 bits per heavy atom. The highest BCUT2D eigenvalue weighted by molar-refractivity contribution is 6.31. The number of imidazole rings is 1. The van der Waals surface area contributed by atoms with Crippen LogP contribution in [0.3, 0.4) is 0 Å². The minimum atomic E-state index is -0.410. The van der Waals surface area contributed by atoms with Crippen molar-refractivity contribution in [1.29, 1.82) is 0 Å². The van der Waals surface area contributed by atoms with E-state index in [2.05, 4.69) is 11.8 Å². The molecule has 0 spiro atoms. The third-order valence-corrected chi connectivity index (χ3v) is 6.17. The summed E-state index contributed by atoms with van der Waals surface area (Å²) in [7, 11) is 1.66. The summed E-state index contributed by atoms with van der Waals surface area (Å²) in [6.45, 7) is 3.71. The molecule has 158 valence electrons. The molecule has 0 radical (unpaired) electrons. The lowest BCUT2D eigenvalue weighted by Crippen LogP contribution is -2.40. The van der Waals surface area contributed by atoms with Crippen molar-refractivity contribution >= 4 is 34.4 Å². The Hall–Kier alpha value is -3.32. The third kappa shape index (κ3) is 3.16. The topological polar surface area (TPSA) is 65.1 Å². The summed E-state index contributed by atoms with van der Waals surface area (Å²) < 4.78 is 4.64. The van der Waals surface area contributed by atoms with E-state index in [1.807, 2.05) is 53.1 Å². The van der Waals surface area contributed by atoms with E-state index in [0.29, 0.717) is 34.6 Å². The second-order valence-corrected chi connectivity index (χ2v) is 8.48. The largest absolute Gasteiger partial charge is 0.332 e. The van der Waals surface area contributed by atoms with Crippen LogP contribution in [0.5, 0.6) is 0 Å². The first kappa shape index (κ1) is 19.6. The van der Waals surface area contributed by atoms with E-state index in [4.69, 9.17) is 16.6 Å². The summed E-state index contributed by atoms with van der Waals surface area (Å²) in [5.74, 6) is 0.987. The van der Waals surface area contributed by atoms with Gasteiger partial charge in [-0.1, -0.05) is 54.9 Å². The maximum atomic E-state index is 13.5. The highest BCUT2D eigenvalue weighted by Gasteiger charge is 2.29. The summed E-state index contributed by atoms with van der Waals surface area (Å²) in [6.07, 6.45) is 0. The van der Waals surface area contributed by atoms with Gasteiger partial charge >= 0.3 is 5.69 Å². The van der Waals surface area contributed by atoms with E-state index < -0.39 is 5.69 Å². The monoisotopic (exact) mass is 435 g/mol. The van der Waals surface area contributed by atoms with Crippen LogP contribution in [0.15, 0.2) is 64.2 Å². The Morgan fingerprint density at radius 3 is 2.48 bits per heavy atom. The number of aromatic nitrogens is 4. The van der Waals surface area contributed by atoms with Gasteiger partial charge in [0.1, 0.15) is 0 Å². The van der Waals surface area contributed by atoms with Crippen LogP contribution in [0.2, 0.25) is 5.02 Å². The zero-order chi connectivity index (χ0) is 21.7. The molecule has 1 atom stereocenters. The smallest absolute Gasteiger partial charge is 0.312 e. The van der Waals surface area contributed by atoms with Crippen LogP contribution in [0, 0.1) is 5.92 Å². The number of benzene rings is 2. The number of fused-ring (bicyclic) bond motifs is 3. The molecule has 0 bridgehead atoms. The molecular weight excluding hydrogens is 414 g/mol. The van der Waals surface area contributed by atoms with Crippen LogP contribution < -0.4 is 16.1 Å². The molecule has 7 nitrogen and oxygen atoms in total. The number of halogens is 1. The second kappa shape index (κ2) is 7.42. The van der Waals surface area contributed by atoms with Gasteiger partial charge in [-0.2, -0.15) is 4.98 Å². The van der Waals surface area contributed by atoms with Gasteiger partial charge in [-0.3, -0.25) is 13.9 Å². The number of aryl methyl sites for hydroxylation is 1. The molecule has 0 amide bonds. The Labute approximate surface area is 183 Å². The van der Waals surface area contributed by atoms with Crippen molar-refractivity contribution in [3.05, 3.63) is 86.0 Å². The molecule has 0 aliphatic carbocycles. The lowest BCUT2D eigenvalue weighted by Gasteiger charge is -2.32. The summed E-state index contributed by atoms with van der Waals surface area (Å²) >= 11 is 6.29. The first-order chi connectivity index (χ1) is 15.0. The average molecular weight is 436 g/mol. The summed E-state index contributed by atoms with van der Waals surface area (Å²) in [5.41, 5.74) is 1.81. The minimum absolute atomic E-state index is 0.111. The van der Waals surface area contributed by atoms with Crippen molar-refractivity contribution in [2.75, 3.05) is 11.4 Å². The average Bonchev–Trinajstić information content (AvgIpc) is 3.16. The molecule has 1 aliphatic rings. The van der Waals surface area contributed by atoms with Crippen LogP contribution in [0.4, 0.5) is 11.6 Å². The van der Waals surface area contributed by atoms with E-state index in [1.165, 1.54) is 9.13 Å². The SMILES string of the molecule is C[C@@H]1CN(c2ccccc2)c2nc3c(c(=O)n(Cc4ccccc4Cl)c(=O)n3C)n2C1. The van der Waals surface area contributed by atoms with Crippen molar-refractivity contribution in [2.45, 2.75) is 20.0 Å². The maximum Gasteiger partial charge on any atom is 0.332 e. The predicted octanol–water partition coefficient (Wildman–Crippen LogP) is 3.39. The summed E-state index contributed by atoms with van der Waals surface area (Å²) in [5, 5.41) is 0.524. The van der Waals surface area contributed by atoms with Crippen LogP contribution in [-0.4, -0.2) is 25.2 Å². The van der Waals surface area contributed by atoms with Crippen molar-refractivity contribution in [3.8, 4) is 0 Å². The fourth-order valence-electron chi connectivity index (χ4n) is 4.27. The van der Waals surface area contributed by atoms with Crippen molar-refractivity contribution in [1.82, 2.24) is 18.7 Å². The molecule has 2 aromatic carbocycles.